The maximum Gasteiger partial charge on any atom is 0.271 e. The molecular weight excluding hydrogens is 870 g/mol. The highest BCUT2D eigenvalue weighted by molar-refractivity contribution is 14.1. The van der Waals surface area contributed by atoms with E-state index >= 15 is 0 Å². The summed E-state index contributed by atoms with van der Waals surface area (Å²) in [5.74, 6) is 0.909. The van der Waals surface area contributed by atoms with Crippen LogP contribution in [0.15, 0.2) is 112 Å². The molecule has 248 valence electrons. The third-order valence-corrected chi connectivity index (χ3v) is 10.1. The third-order valence-electron chi connectivity index (χ3n) is 7.66. The van der Waals surface area contributed by atoms with Gasteiger partial charge in [-0.15, -0.1) is 0 Å². The molecule has 13 heteroatoms. The van der Waals surface area contributed by atoms with Crippen LogP contribution in [0.4, 0.5) is 11.4 Å². The van der Waals surface area contributed by atoms with Crippen molar-refractivity contribution in [2.24, 2.45) is 4.99 Å². The number of anilines is 1. The lowest BCUT2D eigenvalue weighted by atomic mass is 9.95. The number of fused-ring (bicyclic) bond motifs is 1. The van der Waals surface area contributed by atoms with Crippen LogP contribution in [-0.2, 0) is 11.4 Å². The number of hydrogen-bond acceptors (Lipinski definition) is 8. The summed E-state index contributed by atoms with van der Waals surface area (Å²) >= 11 is 5.66. The number of amides is 1. The summed E-state index contributed by atoms with van der Waals surface area (Å²) in [5, 5.41) is 14.1. The summed E-state index contributed by atoms with van der Waals surface area (Å²) in [4.78, 5) is 44.1. The van der Waals surface area contributed by atoms with E-state index in [1.165, 1.54) is 23.5 Å². The van der Waals surface area contributed by atoms with Crippen LogP contribution in [0.3, 0.4) is 0 Å². The first kappa shape index (κ1) is 34.5. The van der Waals surface area contributed by atoms with Crippen LogP contribution in [0.1, 0.15) is 36.6 Å². The Balaban J connectivity index is 1.43. The van der Waals surface area contributed by atoms with E-state index in [0.717, 1.165) is 18.3 Å². The maximum atomic E-state index is 14.4. The number of carbonyl (C=O) groups excluding carboxylic acids is 1. The summed E-state index contributed by atoms with van der Waals surface area (Å²) < 4.78 is 15.7. The third kappa shape index (κ3) is 7.63. The summed E-state index contributed by atoms with van der Waals surface area (Å²) in [6.45, 7) is 4.37. The highest BCUT2D eigenvalue weighted by Gasteiger charge is 2.32. The molecule has 0 unspecified atom stereocenters. The Morgan fingerprint density at radius 3 is 2.43 bits per heavy atom. The Labute approximate surface area is 312 Å². The van der Waals surface area contributed by atoms with Crippen LogP contribution in [0.2, 0.25) is 0 Å². The first-order valence-electron chi connectivity index (χ1n) is 15.1. The number of halogens is 2. The maximum absolute atomic E-state index is 14.4. The number of carbonyl (C=O) groups is 1. The molecule has 10 nitrogen and oxygen atoms in total. The van der Waals surface area contributed by atoms with E-state index in [4.69, 9.17) is 14.5 Å². The molecule has 6 rings (SSSR count). The van der Waals surface area contributed by atoms with Gasteiger partial charge in [0.25, 0.3) is 17.2 Å². The van der Waals surface area contributed by atoms with E-state index in [1.807, 2.05) is 61.5 Å². The number of non-ortho nitro benzene ring substituents is 1. The van der Waals surface area contributed by atoms with Crippen LogP contribution in [0.5, 0.6) is 11.5 Å². The molecule has 1 N–H and O–H groups in total. The van der Waals surface area contributed by atoms with Gasteiger partial charge in [-0.3, -0.25) is 24.3 Å². The molecule has 5 aromatic rings. The minimum Gasteiger partial charge on any atom is -0.494 e. The number of rotatable bonds is 10. The molecule has 1 amide bonds. The van der Waals surface area contributed by atoms with Crippen LogP contribution in [0.25, 0.3) is 6.08 Å². The van der Waals surface area contributed by atoms with Crippen molar-refractivity contribution in [3.05, 3.63) is 156 Å². The molecular formula is C36H28I2N4O6S. The van der Waals surface area contributed by atoms with Crippen molar-refractivity contribution >= 4 is 79.9 Å². The highest BCUT2D eigenvalue weighted by Crippen LogP contribution is 2.33. The van der Waals surface area contributed by atoms with E-state index in [2.05, 4.69) is 50.5 Å². The molecule has 2 heterocycles. The summed E-state index contributed by atoms with van der Waals surface area (Å²) in [7, 11) is 0. The molecule has 1 aromatic heterocycles. The zero-order valence-electron chi connectivity index (χ0n) is 26.2. The van der Waals surface area contributed by atoms with Crippen LogP contribution in [-0.4, -0.2) is 22.0 Å². The first-order valence-corrected chi connectivity index (χ1v) is 18.1. The molecule has 1 aliphatic rings. The fraction of sp³-hybridized carbons (Fsp3) is 0.139. The van der Waals surface area contributed by atoms with Crippen molar-refractivity contribution in [2.45, 2.75) is 26.5 Å². The van der Waals surface area contributed by atoms with Crippen LogP contribution in [0, 0.1) is 17.3 Å². The molecule has 49 heavy (non-hydrogen) atoms. The number of allylic oxidation sites excluding steroid dienone is 1. The van der Waals surface area contributed by atoms with Crippen LogP contribution < -0.4 is 29.7 Å². The minimum atomic E-state index is -0.744. The van der Waals surface area contributed by atoms with Gasteiger partial charge in [-0.2, -0.15) is 0 Å². The summed E-state index contributed by atoms with van der Waals surface area (Å²) in [5.41, 5.74) is 3.40. The number of nitrogens with zero attached hydrogens (tertiary/aromatic N) is 3. The van der Waals surface area contributed by atoms with E-state index < -0.39 is 11.0 Å². The first-order chi connectivity index (χ1) is 23.6. The molecule has 0 fully saturated rings. The molecule has 0 saturated heterocycles. The smallest absolute Gasteiger partial charge is 0.271 e. The Kier molecular flexibility index (Phi) is 10.6. The van der Waals surface area contributed by atoms with Gasteiger partial charge in [-0.25, -0.2) is 4.99 Å². The lowest BCUT2D eigenvalue weighted by Gasteiger charge is -2.25. The van der Waals surface area contributed by atoms with Crippen molar-refractivity contribution in [2.75, 3.05) is 11.9 Å². The monoisotopic (exact) mass is 898 g/mol. The van der Waals surface area contributed by atoms with Crippen molar-refractivity contribution in [1.29, 1.82) is 0 Å². The summed E-state index contributed by atoms with van der Waals surface area (Å²) in [6, 6.07) is 25.9. The van der Waals surface area contributed by atoms with E-state index in [9.17, 15) is 19.7 Å². The second-order valence-corrected chi connectivity index (χ2v) is 14.3. The van der Waals surface area contributed by atoms with Crippen molar-refractivity contribution < 1.29 is 19.2 Å². The van der Waals surface area contributed by atoms with Crippen molar-refractivity contribution in [3.63, 3.8) is 0 Å². The van der Waals surface area contributed by atoms with Crippen molar-refractivity contribution in [3.8, 4) is 11.5 Å². The molecule has 0 spiro atoms. The fourth-order valence-corrected chi connectivity index (χ4v) is 8.49. The van der Waals surface area contributed by atoms with Gasteiger partial charge in [0.1, 0.15) is 18.1 Å². The van der Waals surface area contributed by atoms with Gasteiger partial charge in [-0.1, -0.05) is 41.7 Å². The van der Waals surface area contributed by atoms with Gasteiger partial charge in [0.05, 0.1) is 36.9 Å². The van der Waals surface area contributed by atoms with Gasteiger partial charge >= 0.3 is 0 Å². The van der Waals surface area contributed by atoms with E-state index in [0.29, 0.717) is 50.0 Å². The number of thiazole rings is 1. The van der Waals surface area contributed by atoms with Gasteiger partial charge < -0.3 is 14.8 Å². The Morgan fingerprint density at radius 2 is 1.76 bits per heavy atom. The van der Waals surface area contributed by atoms with Gasteiger partial charge in [-0.05, 0) is 125 Å². The molecule has 4 aromatic carbocycles. The summed E-state index contributed by atoms with van der Waals surface area (Å²) in [6.07, 6.45) is 1.79. The number of aromatic nitrogens is 1. The predicted octanol–water partition coefficient (Wildman–Crippen LogP) is 6.97. The number of nitrogens with one attached hydrogen (secondary N) is 1. The molecule has 0 bridgehead atoms. The SMILES string of the molecule is CCOc1ccc([C@@H]2C(C(=O)Nc3ccccc3)=C(C)N=c3s/c(=C\c4cc(I)cc(I)c4OCc4ccc([N+](=O)[O-])cc4)c(=O)n32)cc1. The van der Waals surface area contributed by atoms with E-state index in [-0.39, 0.29) is 23.8 Å². The number of para-hydroxylation sites is 1. The number of nitro groups is 1. The molecule has 1 atom stereocenters. The lowest BCUT2D eigenvalue weighted by Crippen LogP contribution is -2.40. The Hall–Kier alpha value is -4.35. The normalized spacial score (nSPS) is 14.2. The zero-order valence-corrected chi connectivity index (χ0v) is 31.3. The average Bonchev–Trinajstić information content (AvgIpc) is 3.38. The fourth-order valence-electron chi connectivity index (χ4n) is 5.41. The lowest BCUT2D eigenvalue weighted by molar-refractivity contribution is -0.384. The topological polar surface area (TPSA) is 125 Å². The Morgan fingerprint density at radius 1 is 1.04 bits per heavy atom. The molecule has 0 radical (unpaired) electrons. The molecule has 0 aliphatic carbocycles. The number of ether oxygens (including phenoxy) is 2. The minimum absolute atomic E-state index is 0.00291. The van der Waals surface area contributed by atoms with Gasteiger partial charge in [0, 0.05) is 27.0 Å². The van der Waals surface area contributed by atoms with Gasteiger partial charge in [0.2, 0.25) is 0 Å². The highest BCUT2D eigenvalue weighted by atomic mass is 127. The van der Waals surface area contributed by atoms with E-state index in [1.54, 1.807) is 41.8 Å². The second kappa shape index (κ2) is 15.0. The van der Waals surface area contributed by atoms with Crippen LogP contribution >= 0.6 is 56.5 Å². The number of nitro benzene ring substituents is 1. The largest absolute Gasteiger partial charge is 0.494 e. The molecule has 0 saturated carbocycles. The Bertz CT molecular complexity index is 2270. The zero-order chi connectivity index (χ0) is 34.7. The molecule has 1 aliphatic heterocycles. The quantitative estimate of drug-likeness (QED) is 0.0918. The van der Waals surface area contributed by atoms with Gasteiger partial charge in [0.15, 0.2) is 4.80 Å². The second-order valence-electron chi connectivity index (χ2n) is 10.9. The van der Waals surface area contributed by atoms with Crippen molar-refractivity contribution in [1.82, 2.24) is 4.57 Å². The average molecular weight is 899 g/mol. The predicted molar refractivity (Wildman–Crippen MR) is 206 cm³/mol. The standard InChI is InChI=1S/C36H28I2N4O6S/c1-3-47-28-15-11-23(12-16-28)32-31(34(43)40-26-7-5-4-6-8-26)21(2)39-36-41(32)35(44)30(49-36)18-24-17-25(37)19-29(38)33(24)48-20-22-9-13-27(14-10-22)42(45)46/h4-19,32H,3,20H2,1-2H3,(H,40,43)/b30-18-/t32-/m1/s1. The number of benzene rings is 4. The number of hydrogen-bond donors (Lipinski definition) is 1.